The van der Waals surface area contributed by atoms with E-state index in [2.05, 4.69) is 10.6 Å². The molecule has 1 fully saturated rings. The number of hydrogen-bond acceptors (Lipinski definition) is 4. The molecule has 0 spiro atoms. The highest BCUT2D eigenvalue weighted by Crippen LogP contribution is 2.15. The lowest BCUT2D eigenvalue weighted by Gasteiger charge is -2.22. The lowest BCUT2D eigenvalue weighted by molar-refractivity contribution is -0.128. The Balaban J connectivity index is 2.04. The number of aryl methyl sites for hydroxylation is 1. The van der Waals surface area contributed by atoms with Gasteiger partial charge in [0.15, 0.2) is 0 Å². The van der Waals surface area contributed by atoms with Gasteiger partial charge in [0.1, 0.15) is 6.10 Å². The Morgan fingerprint density at radius 1 is 1.47 bits per heavy atom. The summed E-state index contributed by atoms with van der Waals surface area (Å²) in [5.74, 6) is -1.20. The summed E-state index contributed by atoms with van der Waals surface area (Å²) in [7, 11) is 0. The van der Waals surface area contributed by atoms with E-state index in [1.807, 2.05) is 0 Å². The molecule has 6 heteroatoms. The molecule has 1 aromatic rings. The van der Waals surface area contributed by atoms with Crippen LogP contribution in [-0.2, 0) is 9.53 Å². The van der Waals surface area contributed by atoms with Gasteiger partial charge in [0.25, 0.3) is 5.91 Å². The van der Waals surface area contributed by atoms with Gasteiger partial charge in [0.2, 0.25) is 0 Å². The van der Waals surface area contributed by atoms with Crippen LogP contribution in [0.3, 0.4) is 0 Å². The molecule has 1 aliphatic rings. The summed E-state index contributed by atoms with van der Waals surface area (Å²) in [5, 5.41) is 14.7. The lowest BCUT2D eigenvalue weighted by atomic mass is 10.1. The number of morpholine rings is 1. The summed E-state index contributed by atoms with van der Waals surface area (Å²) < 4.78 is 5.34. The number of carboxylic acids is 1. The van der Waals surface area contributed by atoms with E-state index in [4.69, 9.17) is 9.84 Å². The molecule has 1 heterocycles. The number of rotatable bonds is 3. The molecule has 1 amide bonds. The second-order valence-electron chi connectivity index (χ2n) is 4.39. The molecule has 6 nitrogen and oxygen atoms in total. The monoisotopic (exact) mass is 264 g/mol. The normalized spacial score (nSPS) is 18.9. The SMILES string of the molecule is Cc1cc(NC(=O)C2CNCCO2)ccc1C(=O)O. The van der Waals surface area contributed by atoms with E-state index in [1.54, 1.807) is 19.1 Å². The maximum atomic E-state index is 11.9. The van der Waals surface area contributed by atoms with E-state index in [1.165, 1.54) is 6.07 Å². The summed E-state index contributed by atoms with van der Waals surface area (Å²) in [6.45, 7) is 3.43. The van der Waals surface area contributed by atoms with E-state index in [-0.39, 0.29) is 11.5 Å². The van der Waals surface area contributed by atoms with Crippen molar-refractivity contribution in [3.05, 3.63) is 29.3 Å². The Kier molecular flexibility index (Phi) is 4.13. The molecule has 1 saturated heterocycles. The summed E-state index contributed by atoms with van der Waals surface area (Å²) in [4.78, 5) is 22.8. The van der Waals surface area contributed by atoms with Crippen LogP contribution < -0.4 is 10.6 Å². The average Bonchev–Trinajstić information content (AvgIpc) is 2.39. The molecule has 0 aliphatic carbocycles. The van der Waals surface area contributed by atoms with E-state index < -0.39 is 12.1 Å². The van der Waals surface area contributed by atoms with Gasteiger partial charge in [-0.1, -0.05) is 0 Å². The van der Waals surface area contributed by atoms with E-state index in [0.717, 1.165) is 6.54 Å². The first kappa shape index (κ1) is 13.5. The predicted octanol–water partition coefficient (Wildman–Crippen LogP) is 0.620. The number of amides is 1. The minimum absolute atomic E-state index is 0.227. The summed E-state index contributed by atoms with van der Waals surface area (Å²) >= 11 is 0. The molecule has 2 rings (SSSR count). The Hall–Kier alpha value is -1.92. The molecule has 19 heavy (non-hydrogen) atoms. The first-order chi connectivity index (χ1) is 9.08. The van der Waals surface area contributed by atoms with Gasteiger partial charge in [-0.25, -0.2) is 4.79 Å². The van der Waals surface area contributed by atoms with Gasteiger partial charge in [0, 0.05) is 18.8 Å². The van der Waals surface area contributed by atoms with Gasteiger partial charge in [-0.2, -0.15) is 0 Å². The number of anilines is 1. The van der Waals surface area contributed by atoms with Crippen molar-refractivity contribution in [2.45, 2.75) is 13.0 Å². The smallest absolute Gasteiger partial charge is 0.335 e. The van der Waals surface area contributed by atoms with Crippen LogP contribution in [0.5, 0.6) is 0 Å². The fraction of sp³-hybridized carbons (Fsp3) is 0.385. The molecule has 1 aliphatic heterocycles. The Labute approximate surface area is 110 Å². The van der Waals surface area contributed by atoms with Crippen LogP contribution in [0.25, 0.3) is 0 Å². The highest BCUT2D eigenvalue weighted by Gasteiger charge is 2.21. The molecule has 1 atom stereocenters. The maximum absolute atomic E-state index is 11.9. The van der Waals surface area contributed by atoms with Gasteiger partial charge >= 0.3 is 5.97 Å². The number of benzene rings is 1. The molecule has 0 aromatic heterocycles. The zero-order valence-corrected chi connectivity index (χ0v) is 10.6. The molecule has 1 aromatic carbocycles. The van der Waals surface area contributed by atoms with Crippen molar-refractivity contribution in [2.24, 2.45) is 0 Å². The molecular formula is C13H16N2O4. The van der Waals surface area contributed by atoms with Crippen LogP contribution in [-0.4, -0.2) is 42.8 Å². The van der Waals surface area contributed by atoms with E-state index in [0.29, 0.717) is 24.4 Å². The number of hydrogen-bond donors (Lipinski definition) is 3. The zero-order chi connectivity index (χ0) is 13.8. The third-order valence-corrected chi connectivity index (χ3v) is 2.94. The van der Waals surface area contributed by atoms with Crippen molar-refractivity contribution in [3.8, 4) is 0 Å². The predicted molar refractivity (Wildman–Crippen MR) is 69.4 cm³/mol. The Bertz CT molecular complexity index is 495. The minimum Gasteiger partial charge on any atom is -0.478 e. The van der Waals surface area contributed by atoms with Crippen LogP contribution in [0.15, 0.2) is 18.2 Å². The highest BCUT2D eigenvalue weighted by atomic mass is 16.5. The zero-order valence-electron chi connectivity index (χ0n) is 10.6. The quantitative estimate of drug-likeness (QED) is 0.745. The third kappa shape index (κ3) is 3.30. The molecular weight excluding hydrogens is 248 g/mol. The van der Waals surface area contributed by atoms with Crippen LogP contribution in [0.1, 0.15) is 15.9 Å². The first-order valence-electron chi connectivity index (χ1n) is 6.05. The molecule has 3 N–H and O–H groups in total. The molecule has 0 bridgehead atoms. The second-order valence-corrected chi connectivity index (χ2v) is 4.39. The van der Waals surface area contributed by atoms with Crippen molar-refractivity contribution >= 4 is 17.6 Å². The van der Waals surface area contributed by atoms with Crippen LogP contribution in [0.2, 0.25) is 0 Å². The van der Waals surface area contributed by atoms with Crippen molar-refractivity contribution in [3.63, 3.8) is 0 Å². The summed E-state index contributed by atoms with van der Waals surface area (Å²) in [6.07, 6.45) is -0.506. The number of aromatic carboxylic acids is 1. The summed E-state index contributed by atoms with van der Waals surface area (Å²) in [6, 6.07) is 4.69. The largest absolute Gasteiger partial charge is 0.478 e. The molecule has 102 valence electrons. The fourth-order valence-corrected chi connectivity index (χ4v) is 1.94. The number of nitrogens with one attached hydrogen (secondary N) is 2. The van der Waals surface area contributed by atoms with Gasteiger partial charge in [-0.15, -0.1) is 0 Å². The van der Waals surface area contributed by atoms with Gasteiger partial charge in [0.05, 0.1) is 12.2 Å². The topological polar surface area (TPSA) is 87.7 Å². The fourth-order valence-electron chi connectivity index (χ4n) is 1.94. The Morgan fingerprint density at radius 2 is 2.26 bits per heavy atom. The van der Waals surface area contributed by atoms with Crippen molar-refractivity contribution in [1.29, 1.82) is 0 Å². The number of ether oxygens (including phenoxy) is 1. The van der Waals surface area contributed by atoms with E-state index in [9.17, 15) is 9.59 Å². The van der Waals surface area contributed by atoms with Gasteiger partial charge < -0.3 is 20.5 Å². The molecule has 1 unspecified atom stereocenters. The first-order valence-corrected chi connectivity index (χ1v) is 6.05. The standard InChI is InChI=1S/C13H16N2O4/c1-8-6-9(2-3-10(8)13(17)18)15-12(16)11-7-14-4-5-19-11/h2-3,6,11,14H,4-5,7H2,1H3,(H,15,16)(H,17,18). The van der Waals surface area contributed by atoms with Crippen molar-refractivity contribution in [2.75, 3.05) is 25.0 Å². The number of carbonyl (C=O) groups is 2. The molecule has 0 saturated carbocycles. The maximum Gasteiger partial charge on any atom is 0.335 e. The van der Waals surface area contributed by atoms with Gasteiger partial charge in [-0.3, -0.25) is 4.79 Å². The van der Waals surface area contributed by atoms with Gasteiger partial charge in [-0.05, 0) is 30.7 Å². The minimum atomic E-state index is -0.977. The van der Waals surface area contributed by atoms with Crippen LogP contribution in [0, 0.1) is 6.92 Å². The van der Waals surface area contributed by atoms with E-state index >= 15 is 0 Å². The molecule has 0 radical (unpaired) electrons. The van der Waals surface area contributed by atoms with Crippen molar-refractivity contribution in [1.82, 2.24) is 5.32 Å². The number of carbonyl (C=O) groups excluding carboxylic acids is 1. The second kappa shape index (κ2) is 5.81. The number of carboxylic acid groups (broad SMARTS) is 1. The lowest BCUT2D eigenvalue weighted by Crippen LogP contribution is -2.45. The van der Waals surface area contributed by atoms with Crippen LogP contribution >= 0.6 is 0 Å². The summed E-state index contributed by atoms with van der Waals surface area (Å²) in [5.41, 5.74) is 1.41. The highest BCUT2D eigenvalue weighted by molar-refractivity contribution is 5.95. The average molecular weight is 264 g/mol. The Morgan fingerprint density at radius 3 is 2.84 bits per heavy atom. The van der Waals surface area contributed by atoms with Crippen molar-refractivity contribution < 1.29 is 19.4 Å². The van der Waals surface area contributed by atoms with Crippen LogP contribution in [0.4, 0.5) is 5.69 Å². The third-order valence-electron chi connectivity index (χ3n) is 2.94.